The molecular weight excluding hydrogens is 184 g/mol. The van der Waals surface area contributed by atoms with Gasteiger partial charge in [0.1, 0.15) is 0 Å². The number of hydrogen-bond acceptors (Lipinski definition) is 1. The van der Waals surface area contributed by atoms with Gasteiger partial charge in [0.2, 0.25) is 0 Å². The minimum atomic E-state index is 0.543. The second kappa shape index (κ2) is 3.89. The highest BCUT2D eigenvalue weighted by atomic mass is 15.2. The third kappa shape index (κ3) is 1.94. The fraction of sp³-hybridized carbons (Fsp3) is 0.308. The fourth-order valence-corrected chi connectivity index (χ4v) is 1.82. The zero-order valence-electron chi connectivity index (χ0n) is 9.44. The van der Waals surface area contributed by atoms with Crippen LogP contribution in [0.1, 0.15) is 25.3 Å². The average Bonchev–Trinajstić information content (AvgIpc) is 2.65. The molecule has 2 heteroatoms. The number of nitrogens with zero attached hydrogens (tertiary/aromatic N) is 2. The summed E-state index contributed by atoms with van der Waals surface area (Å²) in [5, 5.41) is 4.21. The summed E-state index contributed by atoms with van der Waals surface area (Å²) in [6.07, 6.45) is 3.97. The molecule has 78 valence electrons. The SMILES string of the molecule is CC(C)c1ccccc1-c1cnn(C)c1. The van der Waals surface area contributed by atoms with Crippen LogP contribution in [0.2, 0.25) is 0 Å². The first-order valence-electron chi connectivity index (χ1n) is 5.26. The van der Waals surface area contributed by atoms with E-state index < -0.39 is 0 Å². The van der Waals surface area contributed by atoms with Crippen molar-refractivity contribution in [2.24, 2.45) is 7.05 Å². The molecule has 1 aromatic heterocycles. The Morgan fingerprint density at radius 1 is 1.20 bits per heavy atom. The van der Waals surface area contributed by atoms with Gasteiger partial charge in [-0.2, -0.15) is 5.10 Å². The topological polar surface area (TPSA) is 17.8 Å². The van der Waals surface area contributed by atoms with Gasteiger partial charge >= 0.3 is 0 Å². The van der Waals surface area contributed by atoms with Crippen LogP contribution < -0.4 is 0 Å². The van der Waals surface area contributed by atoms with Crippen LogP contribution in [0.25, 0.3) is 11.1 Å². The van der Waals surface area contributed by atoms with Gasteiger partial charge in [-0.05, 0) is 17.0 Å². The Hall–Kier alpha value is -1.57. The molecule has 0 spiro atoms. The van der Waals surface area contributed by atoms with Crippen molar-refractivity contribution >= 4 is 0 Å². The van der Waals surface area contributed by atoms with Gasteiger partial charge in [0, 0.05) is 18.8 Å². The van der Waals surface area contributed by atoms with Crippen LogP contribution in [-0.2, 0) is 7.05 Å². The summed E-state index contributed by atoms with van der Waals surface area (Å²) in [6, 6.07) is 8.52. The third-order valence-corrected chi connectivity index (χ3v) is 2.60. The Morgan fingerprint density at radius 3 is 2.53 bits per heavy atom. The predicted octanol–water partition coefficient (Wildman–Crippen LogP) is 3.21. The van der Waals surface area contributed by atoms with E-state index in [2.05, 4.69) is 49.4 Å². The molecule has 0 unspecified atom stereocenters. The van der Waals surface area contributed by atoms with Gasteiger partial charge in [0.25, 0.3) is 0 Å². The summed E-state index contributed by atoms with van der Waals surface area (Å²) in [5.41, 5.74) is 3.87. The van der Waals surface area contributed by atoms with E-state index in [0.29, 0.717) is 5.92 Å². The standard InChI is InChI=1S/C13H16N2/c1-10(2)12-6-4-5-7-13(12)11-8-14-15(3)9-11/h4-10H,1-3H3. The maximum Gasteiger partial charge on any atom is 0.0568 e. The second-order valence-electron chi connectivity index (χ2n) is 4.14. The highest BCUT2D eigenvalue weighted by molar-refractivity contribution is 5.66. The molecule has 0 aliphatic heterocycles. The van der Waals surface area contributed by atoms with E-state index in [-0.39, 0.29) is 0 Å². The molecule has 0 N–H and O–H groups in total. The zero-order chi connectivity index (χ0) is 10.8. The largest absolute Gasteiger partial charge is 0.275 e. The summed E-state index contributed by atoms with van der Waals surface area (Å²) in [6.45, 7) is 4.43. The third-order valence-electron chi connectivity index (χ3n) is 2.60. The van der Waals surface area contributed by atoms with Gasteiger partial charge in [0.05, 0.1) is 6.20 Å². The summed E-state index contributed by atoms with van der Waals surface area (Å²) >= 11 is 0. The highest BCUT2D eigenvalue weighted by Gasteiger charge is 2.08. The average molecular weight is 200 g/mol. The molecule has 2 rings (SSSR count). The maximum absolute atomic E-state index is 4.21. The van der Waals surface area contributed by atoms with Gasteiger partial charge in [0.15, 0.2) is 0 Å². The first kappa shape index (κ1) is 9.97. The van der Waals surface area contributed by atoms with Crippen LogP contribution in [0.3, 0.4) is 0 Å². The minimum Gasteiger partial charge on any atom is -0.275 e. The number of hydrogen-bond donors (Lipinski definition) is 0. The van der Waals surface area contributed by atoms with E-state index in [0.717, 1.165) is 0 Å². The monoisotopic (exact) mass is 200 g/mol. The molecule has 15 heavy (non-hydrogen) atoms. The Morgan fingerprint density at radius 2 is 1.93 bits per heavy atom. The van der Waals surface area contributed by atoms with Crippen LogP contribution in [0.4, 0.5) is 0 Å². The van der Waals surface area contributed by atoms with Crippen LogP contribution in [0.5, 0.6) is 0 Å². The summed E-state index contributed by atoms with van der Waals surface area (Å²) in [5.74, 6) is 0.543. The van der Waals surface area contributed by atoms with Crippen LogP contribution in [0.15, 0.2) is 36.7 Å². The fourth-order valence-electron chi connectivity index (χ4n) is 1.82. The molecule has 1 heterocycles. The number of benzene rings is 1. The molecule has 0 aliphatic rings. The highest BCUT2D eigenvalue weighted by Crippen LogP contribution is 2.28. The first-order chi connectivity index (χ1) is 7.18. The van der Waals surface area contributed by atoms with Crippen molar-refractivity contribution in [2.75, 3.05) is 0 Å². The van der Waals surface area contributed by atoms with E-state index in [1.165, 1.54) is 16.7 Å². The summed E-state index contributed by atoms with van der Waals surface area (Å²) < 4.78 is 1.84. The predicted molar refractivity (Wildman–Crippen MR) is 62.7 cm³/mol. The number of rotatable bonds is 2. The Labute approximate surface area is 90.6 Å². The van der Waals surface area contributed by atoms with Crippen molar-refractivity contribution in [3.63, 3.8) is 0 Å². The van der Waals surface area contributed by atoms with Crippen LogP contribution in [-0.4, -0.2) is 9.78 Å². The van der Waals surface area contributed by atoms with E-state index >= 15 is 0 Å². The quantitative estimate of drug-likeness (QED) is 0.727. The van der Waals surface area contributed by atoms with E-state index in [4.69, 9.17) is 0 Å². The van der Waals surface area contributed by atoms with Crippen LogP contribution in [0, 0.1) is 0 Å². The molecule has 0 fully saturated rings. The maximum atomic E-state index is 4.21. The molecule has 2 nitrogen and oxygen atoms in total. The normalized spacial score (nSPS) is 10.9. The lowest BCUT2D eigenvalue weighted by Gasteiger charge is -2.10. The van der Waals surface area contributed by atoms with E-state index in [9.17, 15) is 0 Å². The lowest BCUT2D eigenvalue weighted by Crippen LogP contribution is -1.91. The number of aromatic nitrogens is 2. The number of aryl methyl sites for hydroxylation is 1. The molecular formula is C13H16N2. The Bertz CT molecular complexity index is 455. The van der Waals surface area contributed by atoms with Crippen molar-refractivity contribution < 1.29 is 0 Å². The van der Waals surface area contributed by atoms with Crippen LogP contribution >= 0.6 is 0 Å². The van der Waals surface area contributed by atoms with Crippen molar-refractivity contribution in [3.05, 3.63) is 42.2 Å². The Kier molecular flexibility index (Phi) is 2.58. The zero-order valence-corrected chi connectivity index (χ0v) is 9.44. The summed E-state index contributed by atoms with van der Waals surface area (Å²) in [7, 11) is 1.95. The van der Waals surface area contributed by atoms with Gasteiger partial charge in [-0.25, -0.2) is 0 Å². The molecule has 0 atom stereocenters. The lowest BCUT2D eigenvalue weighted by atomic mass is 9.94. The molecule has 2 aromatic rings. The van der Waals surface area contributed by atoms with Gasteiger partial charge < -0.3 is 0 Å². The molecule has 0 saturated carbocycles. The first-order valence-corrected chi connectivity index (χ1v) is 5.26. The molecule has 0 radical (unpaired) electrons. The van der Waals surface area contributed by atoms with Crippen molar-refractivity contribution in [3.8, 4) is 11.1 Å². The lowest BCUT2D eigenvalue weighted by molar-refractivity contribution is 0.768. The molecule has 0 amide bonds. The van der Waals surface area contributed by atoms with Gasteiger partial charge in [-0.15, -0.1) is 0 Å². The molecule has 0 saturated heterocycles. The van der Waals surface area contributed by atoms with E-state index in [1.807, 2.05) is 17.9 Å². The minimum absolute atomic E-state index is 0.543. The molecule has 0 bridgehead atoms. The van der Waals surface area contributed by atoms with Crippen molar-refractivity contribution in [1.82, 2.24) is 9.78 Å². The van der Waals surface area contributed by atoms with Gasteiger partial charge in [-0.3, -0.25) is 4.68 Å². The van der Waals surface area contributed by atoms with Crippen molar-refractivity contribution in [2.45, 2.75) is 19.8 Å². The molecule has 0 aliphatic carbocycles. The Balaban J connectivity index is 2.52. The van der Waals surface area contributed by atoms with Crippen molar-refractivity contribution in [1.29, 1.82) is 0 Å². The smallest absolute Gasteiger partial charge is 0.0568 e. The second-order valence-corrected chi connectivity index (χ2v) is 4.14. The van der Waals surface area contributed by atoms with Gasteiger partial charge in [-0.1, -0.05) is 38.1 Å². The summed E-state index contributed by atoms with van der Waals surface area (Å²) in [4.78, 5) is 0. The van der Waals surface area contributed by atoms with E-state index in [1.54, 1.807) is 0 Å². The molecule has 1 aromatic carbocycles.